The van der Waals surface area contributed by atoms with Gasteiger partial charge in [-0.15, -0.1) is 0 Å². The summed E-state index contributed by atoms with van der Waals surface area (Å²) in [6, 6.07) is 23.5. The minimum absolute atomic E-state index is 0.145. The van der Waals surface area contributed by atoms with Crippen LogP contribution in [0.4, 0.5) is 0 Å². The Kier molecular flexibility index (Phi) is 5.09. The summed E-state index contributed by atoms with van der Waals surface area (Å²) in [6.07, 6.45) is 0. The first-order valence-electron chi connectivity index (χ1n) is 10.9. The van der Waals surface area contributed by atoms with Crippen LogP contribution in [0.15, 0.2) is 66.7 Å². The van der Waals surface area contributed by atoms with Crippen LogP contribution in [0.5, 0.6) is 11.5 Å². The van der Waals surface area contributed by atoms with Gasteiger partial charge in [-0.05, 0) is 36.9 Å². The molecule has 0 saturated carbocycles. The summed E-state index contributed by atoms with van der Waals surface area (Å²) in [5, 5.41) is 2.38. The van der Waals surface area contributed by atoms with Gasteiger partial charge in [0.25, 0.3) is 0 Å². The largest absolute Gasteiger partial charge is 0.492 e. The number of ether oxygens (including phenoxy) is 2. The van der Waals surface area contributed by atoms with E-state index in [1.54, 1.807) is 0 Å². The Morgan fingerprint density at radius 1 is 0.967 bits per heavy atom. The van der Waals surface area contributed by atoms with Crippen molar-refractivity contribution in [3.05, 3.63) is 72.3 Å². The summed E-state index contributed by atoms with van der Waals surface area (Å²) >= 11 is 0. The molecule has 0 bridgehead atoms. The molecule has 0 saturated heterocycles. The van der Waals surface area contributed by atoms with Crippen molar-refractivity contribution in [1.29, 1.82) is 0 Å². The van der Waals surface area contributed by atoms with Crippen LogP contribution < -0.4 is 9.47 Å². The number of hydrogen-bond acceptors (Lipinski definition) is 3. The van der Waals surface area contributed by atoms with Gasteiger partial charge in [-0.25, -0.2) is 0 Å². The lowest BCUT2D eigenvalue weighted by atomic mass is 10.1. The number of hydrogen-bond donors (Lipinski definition) is 0. The van der Waals surface area contributed by atoms with Crippen LogP contribution in [-0.4, -0.2) is 42.3 Å². The Balaban J connectivity index is 1.63. The van der Waals surface area contributed by atoms with E-state index >= 15 is 0 Å². The number of para-hydroxylation sites is 1. The molecule has 2 heterocycles. The van der Waals surface area contributed by atoms with E-state index in [0.717, 1.165) is 36.6 Å². The van der Waals surface area contributed by atoms with Crippen molar-refractivity contribution in [2.45, 2.75) is 19.9 Å². The second kappa shape index (κ2) is 8.04. The molecular formula is C26H28N2O2. The highest BCUT2D eigenvalue weighted by Crippen LogP contribution is 2.44. The van der Waals surface area contributed by atoms with Crippen molar-refractivity contribution >= 4 is 21.8 Å². The maximum atomic E-state index is 6.32. The number of benzene rings is 3. The van der Waals surface area contributed by atoms with Gasteiger partial charge >= 0.3 is 0 Å². The van der Waals surface area contributed by atoms with Crippen LogP contribution in [0.2, 0.25) is 0 Å². The normalized spacial score (nSPS) is 15.6. The summed E-state index contributed by atoms with van der Waals surface area (Å²) in [5.74, 6) is 1.90. The first-order chi connectivity index (χ1) is 14.8. The van der Waals surface area contributed by atoms with Gasteiger partial charge in [-0.2, -0.15) is 0 Å². The predicted octanol–water partition coefficient (Wildman–Crippen LogP) is 5.50. The van der Waals surface area contributed by atoms with E-state index in [4.69, 9.17) is 9.47 Å². The summed E-state index contributed by atoms with van der Waals surface area (Å²) in [5.41, 5.74) is 3.63. The molecule has 30 heavy (non-hydrogen) atoms. The van der Waals surface area contributed by atoms with E-state index in [0.29, 0.717) is 13.2 Å². The molecule has 1 unspecified atom stereocenters. The van der Waals surface area contributed by atoms with Crippen LogP contribution in [0, 0.1) is 0 Å². The first-order valence-corrected chi connectivity index (χ1v) is 10.9. The van der Waals surface area contributed by atoms with Crippen molar-refractivity contribution in [1.82, 2.24) is 9.47 Å². The number of nitrogens with zero attached hydrogens (tertiary/aromatic N) is 2. The summed E-state index contributed by atoms with van der Waals surface area (Å²) in [4.78, 5) is 2.38. The monoisotopic (exact) mass is 400 g/mol. The Morgan fingerprint density at radius 2 is 1.77 bits per heavy atom. The van der Waals surface area contributed by atoms with Crippen molar-refractivity contribution in [2.75, 3.05) is 32.8 Å². The van der Waals surface area contributed by atoms with Gasteiger partial charge in [0, 0.05) is 17.3 Å². The molecule has 1 aliphatic heterocycles. The van der Waals surface area contributed by atoms with Gasteiger partial charge in [-0.1, -0.05) is 62.4 Å². The molecule has 0 aliphatic carbocycles. The molecule has 0 N–H and O–H groups in total. The van der Waals surface area contributed by atoms with Gasteiger partial charge in [0.2, 0.25) is 0 Å². The number of aromatic nitrogens is 1. The molecule has 1 aliphatic rings. The van der Waals surface area contributed by atoms with E-state index in [9.17, 15) is 0 Å². The molecule has 0 spiro atoms. The highest BCUT2D eigenvalue weighted by Gasteiger charge is 2.28. The molecule has 3 aromatic carbocycles. The highest BCUT2D eigenvalue weighted by atomic mass is 16.5. The minimum atomic E-state index is 0.145. The fourth-order valence-electron chi connectivity index (χ4n) is 4.63. The molecule has 5 rings (SSSR count). The van der Waals surface area contributed by atoms with E-state index in [2.05, 4.69) is 90.0 Å². The molecule has 0 fully saturated rings. The van der Waals surface area contributed by atoms with E-state index in [1.165, 1.54) is 21.9 Å². The quantitative estimate of drug-likeness (QED) is 0.410. The zero-order chi connectivity index (χ0) is 20.5. The van der Waals surface area contributed by atoms with E-state index < -0.39 is 0 Å². The second-order valence-corrected chi connectivity index (χ2v) is 7.79. The number of likely N-dealkylation sites (N-methyl/N-ethyl adjacent to an activating group) is 1. The highest BCUT2D eigenvalue weighted by molar-refractivity contribution is 6.13. The van der Waals surface area contributed by atoms with Crippen molar-refractivity contribution < 1.29 is 9.47 Å². The maximum Gasteiger partial charge on any atom is 0.143 e. The average molecular weight is 401 g/mol. The molecule has 4 aromatic rings. The average Bonchev–Trinajstić information content (AvgIpc) is 3.15. The van der Waals surface area contributed by atoms with Gasteiger partial charge in [0.05, 0.1) is 17.1 Å². The molecule has 0 amide bonds. The van der Waals surface area contributed by atoms with Crippen LogP contribution in [0.3, 0.4) is 0 Å². The molecule has 1 aromatic heterocycles. The maximum absolute atomic E-state index is 6.32. The zero-order valence-corrected chi connectivity index (χ0v) is 17.7. The zero-order valence-electron chi connectivity index (χ0n) is 17.7. The Morgan fingerprint density at radius 3 is 2.57 bits per heavy atom. The third-order valence-corrected chi connectivity index (χ3v) is 6.23. The van der Waals surface area contributed by atoms with Crippen LogP contribution in [0.1, 0.15) is 25.5 Å². The molecule has 0 radical (unpaired) electrons. The number of fused-ring (bicyclic) bond motifs is 3. The SMILES string of the molecule is CCN(CC)CCOc1cccc2c1c1cccc3c1n2C(c1ccccc1)CO3. The summed E-state index contributed by atoms with van der Waals surface area (Å²) in [6.45, 7) is 8.73. The topological polar surface area (TPSA) is 26.6 Å². The minimum Gasteiger partial charge on any atom is -0.492 e. The van der Waals surface area contributed by atoms with E-state index in [1.807, 2.05) is 0 Å². The Hall–Kier alpha value is -2.98. The third-order valence-electron chi connectivity index (χ3n) is 6.23. The predicted molar refractivity (Wildman–Crippen MR) is 123 cm³/mol. The first kappa shape index (κ1) is 19.0. The van der Waals surface area contributed by atoms with Crippen LogP contribution in [-0.2, 0) is 0 Å². The summed E-state index contributed by atoms with van der Waals surface area (Å²) in [7, 11) is 0. The summed E-state index contributed by atoms with van der Waals surface area (Å²) < 4.78 is 15.0. The lowest BCUT2D eigenvalue weighted by Crippen LogP contribution is -2.27. The third kappa shape index (κ3) is 3.12. The van der Waals surface area contributed by atoms with Crippen LogP contribution in [0.25, 0.3) is 21.8 Å². The Labute approximate surface area is 177 Å². The van der Waals surface area contributed by atoms with Gasteiger partial charge < -0.3 is 18.9 Å². The molecular weight excluding hydrogens is 372 g/mol. The second-order valence-electron chi connectivity index (χ2n) is 7.79. The van der Waals surface area contributed by atoms with Crippen molar-refractivity contribution in [2.24, 2.45) is 0 Å². The fraction of sp³-hybridized carbons (Fsp3) is 0.308. The van der Waals surface area contributed by atoms with Gasteiger partial charge in [0.1, 0.15) is 24.7 Å². The number of rotatable bonds is 7. The standard InChI is InChI=1S/C26H28N2O2/c1-3-27(4-2)16-17-29-23-14-9-13-21-25(23)20-12-8-15-24-26(20)28(21)22(18-30-24)19-10-6-5-7-11-19/h5-15,22H,3-4,16-18H2,1-2H3. The molecule has 4 heteroatoms. The lowest BCUT2D eigenvalue weighted by molar-refractivity contribution is 0.224. The van der Waals surface area contributed by atoms with Gasteiger partial charge in [0.15, 0.2) is 0 Å². The molecule has 1 atom stereocenters. The van der Waals surface area contributed by atoms with Crippen LogP contribution >= 0.6 is 0 Å². The molecule has 4 nitrogen and oxygen atoms in total. The van der Waals surface area contributed by atoms with Gasteiger partial charge in [-0.3, -0.25) is 0 Å². The van der Waals surface area contributed by atoms with Crippen molar-refractivity contribution in [3.8, 4) is 11.5 Å². The molecule has 154 valence electrons. The Bertz CT molecular complexity index is 1160. The fourth-order valence-corrected chi connectivity index (χ4v) is 4.63. The van der Waals surface area contributed by atoms with Crippen molar-refractivity contribution in [3.63, 3.8) is 0 Å². The lowest BCUT2D eigenvalue weighted by Gasteiger charge is -2.27. The van der Waals surface area contributed by atoms with E-state index in [-0.39, 0.29) is 6.04 Å². The smallest absolute Gasteiger partial charge is 0.143 e.